The molecular formula is C31H52O3. The zero-order chi connectivity index (χ0) is 24.7. The highest BCUT2D eigenvalue weighted by atomic mass is 16.7. The molecular weight excluding hydrogens is 420 g/mol. The standard InChI is InChI=1S/C31H52O3/c1-20(2)9-8-10-22(5)26-13-14-27-25-12-11-23-19-24(34-29(32)33-21(3)4)15-17-30(23,6)28(25)16-18-31(26,27)7/h19-22,24-28H,8-18H2,1-7H3/t22-,24-,25?,26+,27?,28?,30-,31+/m0/s1. The number of carbonyl (C=O) groups excluding carboxylic acids is 1. The molecule has 4 aliphatic rings. The predicted molar refractivity (Wildman–Crippen MR) is 140 cm³/mol. The summed E-state index contributed by atoms with van der Waals surface area (Å²) < 4.78 is 10.9. The van der Waals surface area contributed by atoms with Gasteiger partial charge in [0, 0.05) is 0 Å². The van der Waals surface area contributed by atoms with Crippen molar-refractivity contribution in [3.8, 4) is 0 Å². The van der Waals surface area contributed by atoms with E-state index in [4.69, 9.17) is 9.47 Å². The van der Waals surface area contributed by atoms with Crippen molar-refractivity contribution in [3.05, 3.63) is 11.6 Å². The van der Waals surface area contributed by atoms with Crippen molar-refractivity contribution in [3.63, 3.8) is 0 Å². The van der Waals surface area contributed by atoms with Gasteiger partial charge in [-0.1, -0.05) is 59.5 Å². The summed E-state index contributed by atoms with van der Waals surface area (Å²) in [6, 6.07) is 0. The van der Waals surface area contributed by atoms with E-state index in [-0.39, 0.29) is 12.2 Å². The summed E-state index contributed by atoms with van der Waals surface area (Å²) in [5.74, 6) is 5.24. The maximum atomic E-state index is 12.1. The lowest BCUT2D eigenvalue weighted by Gasteiger charge is -2.59. The number of carbonyl (C=O) groups is 1. The van der Waals surface area contributed by atoms with Crippen LogP contribution in [-0.2, 0) is 9.47 Å². The van der Waals surface area contributed by atoms with Gasteiger partial charge in [0.25, 0.3) is 0 Å². The van der Waals surface area contributed by atoms with Crippen molar-refractivity contribution >= 4 is 6.16 Å². The highest BCUT2D eigenvalue weighted by Crippen LogP contribution is 2.67. The molecule has 3 saturated carbocycles. The van der Waals surface area contributed by atoms with Crippen molar-refractivity contribution < 1.29 is 14.3 Å². The average molecular weight is 473 g/mol. The second-order valence-corrected chi connectivity index (χ2v) is 13.7. The van der Waals surface area contributed by atoms with Crippen LogP contribution in [0.4, 0.5) is 4.79 Å². The number of fused-ring (bicyclic) bond motifs is 5. The largest absolute Gasteiger partial charge is 0.509 e. The van der Waals surface area contributed by atoms with Gasteiger partial charge >= 0.3 is 6.16 Å². The third-order valence-corrected chi connectivity index (χ3v) is 10.9. The smallest absolute Gasteiger partial charge is 0.432 e. The van der Waals surface area contributed by atoms with E-state index in [1.54, 1.807) is 5.57 Å². The van der Waals surface area contributed by atoms with Crippen LogP contribution >= 0.6 is 0 Å². The molecule has 34 heavy (non-hydrogen) atoms. The van der Waals surface area contributed by atoms with Crippen LogP contribution in [0.25, 0.3) is 0 Å². The quantitative estimate of drug-likeness (QED) is 0.274. The Morgan fingerprint density at radius 1 is 0.971 bits per heavy atom. The Labute approximate surface area is 209 Å². The van der Waals surface area contributed by atoms with Crippen LogP contribution in [0.3, 0.4) is 0 Å². The van der Waals surface area contributed by atoms with Crippen LogP contribution in [0.15, 0.2) is 11.6 Å². The predicted octanol–water partition coefficient (Wildman–Crippen LogP) is 8.96. The van der Waals surface area contributed by atoms with Gasteiger partial charge < -0.3 is 9.47 Å². The number of rotatable bonds is 7. The van der Waals surface area contributed by atoms with Crippen molar-refractivity contribution in [2.45, 2.75) is 131 Å². The summed E-state index contributed by atoms with van der Waals surface area (Å²) >= 11 is 0. The highest BCUT2D eigenvalue weighted by molar-refractivity contribution is 5.60. The zero-order valence-corrected chi connectivity index (χ0v) is 23.2. The van der Waals surface area contributed by atoms with Crippen molar-refractivity contribution in [1.29, 1.82) is 0 Å². The first kappa shape index (κ1) is 26.1. The molecule has 0 N–H and O–H groups in total. The maximum absolute atomic E-state index is 12.1. The monoisotopic (exact) mass is 472 g/mol. The molecule has 3 heteroatoms. The lowest BCUT2D eigenvalue weighted by Crippen LogP contribution is -2.51. The lowest BCUT2D eigenvalue weighted by molar-refractivity contribution is -0.0649. The number of ether oxygens (including phenoxy) is 2. The third-order valence-electron chi connectivity index (χ3n) is 10.9. The fraction of sp³-hybridized carbons (Fsp3) is 0.903. The molecule has 0 radical (unpaired) electrons. The van der Waals surface area contributed by atoms with E-state index < -0.39 is 6.16 Å². The fourth-order valence-corrected chi connectivity index (χ4v) is 9.16. The Kier molecular flexibility index (Phi) is 7.80. The average Bonchev–Trinajstić information content (AvgIpc) is 3.10. The van der Waals surface area contributed by atoms with E-state index in [9.17, 15) is 4.79 Å². The van der Waals surface area contributed by atoms with Gasteiger partial charge in [0.1, 0.15) is 6.10 Å². The van der Waals surface area contributed by atoms with Crippen LogP contribution in [0.5, 0.6) is 0 Å². The SMILES string of the molecule is CC(C)CCC[C@H](C)[C@H]1CCC2C3CCC4=C[C@@H](OC(=O)OC(C)C)CC[C@]4(C)C3CC[C@@]21C. The Bertz CT molecular complexity index is 754. The molecule has 0 aromatic heterocycles. The first-order chi connectivity index (χ1) is 16.0. The van der Waals surface area contributed by atoms with E-state index in [0.29, 0.717) is 10.8 Å². The molecule has 0 heterocycles. The summed E-state index contributed by atoms with van der Waals surface area (Å²) in [5, 5.41) is 0. The van der Waals surface area contributed by atoms with Crippen molar-refractivity contribution in [1.82, 2.24) is 0 Å². The normalized spacial score (nSPS) is 40.3. The number of allylic oxidation sites excluding steroid dienone is 1. The summed E-state index contributed by atoms with van der Waals surface area (Å²) in [7, 11) is 0. The van der Waals surface area contributed by atoms with E-state index in [1.807, 2.05) is 13.8 Å². The Hall–Kier alpha value is -0.990. The number of hydrogen-bond donors (Lipinski definition) is 0. The molecule has 194 valence electrons. The third kappa shape index (κ3) is 4.96. The molecule has 0 amide bonds. The molecule has 0 spiro atoms. The molecule has 0 aromatic rings. The van der Waals surface area contributed by atoms with Crippen molar-refractivity contribution in [2.75, 3.05) is 0 Å². The molecule has 0 aromatic carbocycles. The minimum atomic E-state index is -0.512. The Morgan fingerprint density at radius 2 is 1.74 bits per heavy atom. The van der Waals surface area contributed by atoms with Crippen molar-refractivity contribution in [2.24, 2.45) is 46.3 Å². The summed E-state index contributed by atoms with van der Waals surface area (Å²) in [5.41, 5.74) is 2.42. The fourth-order valence-electron chi connectivity index (χ4n) is 9.16. The summed E-state index contributed by atoms with van der Waals surface area (Å²) in [6.07, 6.45) is 16.1. The molecule has 4 rings (SSSR count). The van der Waals surface area contributed by atoms with Gasteiger partial charge in [-0.2, -0.15) is 0 Å². The zero-order valence-electron chi connectivity index (χ0n) is 23.2. The van der Waals surface area contributed by atoms with E-state index in [1.165, 1.54) is 57.8 Å². The van der Waals surface area contributed by atoms with Gasteiger partial charge in [-0.15, -0.1) is 0 Å². The summed E-state index contributed by atoms with van der Waals surface area (Å²) in [4.78, 5) is 12.1. The molecule has 4 aliphatic carbocycles. The summed E-state index contributed by atoms with van der Waals surface area (Å²) in [6.45, 7) is 16.3. The first-order valence-corrected chi connectivity index (χ1v) is 14.6. The Morgan fingerprint density at radius 3 is 2.44 bits per heavy atom. The molecule has 3 nitrogen and oxygen atoms in total. The van der Waals surface area contributed by atoms with Gasteiger partial charge in [0.05, 0.1) is 6.10 Å². The molecule has 0 aliphatic heterocycles. The van der Waals surface area contributed by atoms with Gasteiger partial charge in [-0.25, -0.2) is 4.79 Å². The minimum Gasteiger partial charge on any atom is -0.432 e. The van der Waals surface area contributed by atoms with Crippen LogP contribution in [0.2, 0.25) is 0 Å². The van der Waals surface area contributed by atoms with E-state index in [2.05, 4.69) is 40.7 Å². The van der Waals surface area contributed by atoms with Crippen LogP contribution in [0, 0.1) is 46.3 Å². The molecule has 0 bridgehead atoms. The van der Waals surface area contributed by atoms with Gasteiger partial charge in [0.2, 0.25) is 0 Å². The molecule has 8 atom stereocenters. The van der Waals surface area contributed by atoms with Gasteiger partial charge in [-0.05, 0) is 118 Å². The van der Waals surface area contributed by atoms with Crippen LogP contribution in [-0.4, -0.2) is 18.4 Å². The second kappa shape index (κ2) is 10.2. The second-order valence-electron chi connectivity index (χ2n) is 13.7. The first-order valence-electron chi connectivity index (χ1n) is 14.6. The topological polar surface area (TPSA) is 35.5 Å². The molecule has 0 saturated heterocycles. The molecule has 3 fully saturated rings. The van der Waals surface area contributed by atoms with Gasteiger partial charge in [-0.3, -0.25) is 0 Å². The maximum Gasteiger partial charge on any atom is 0.509 e. The van der Waals surface area contributed by atoms with Crippen LogP contribution in [0.1, 0.15) is 119 Å². The molecule has 3 unspecified atom stereocenters. The highest BCUT2D eigenvalue weighted by Gasteiger charge is 2.59. The number of hydrogen-bond acceptors (Lipinski definition) is 3. The van der Waals surface area contributed by atoms with Crippen LogP contribution < -0.4 is 0 Å². The van der Waals surface area contributed by atoms with Gasteiger partial charge in [0.15, 0.2) is 0 Å². The minimum absolute atomic E-state index is 0.109. The van der Waals surface area contributed by atoms with E-state index in [0.717, 1.165) is 48.3 Å². The lowest BCUT2D eigenvalue weighted by atomic mass is 9.46. The Balaban J connectivity index is 1.43. The van der Waals surface area contributed by atoms with E-state index >= 15 is 0 Å².